The maximum Gasteiger partial charge on any atom is 0.261 e. The van der Waals surface area contributed by atoms with E-state index in [2.05, 4.69) is 0 Å². The number of benzene rings is 2. The Morgan fingerprint density at radius 1 is 1.00 bits per heavy atom. The van der Waals surface area contributed by atoms with Gasteiger partial charge in [0.25, 0.3) is 5.91 Å². The van der Waals surface area contributed by atoms with Gasteiger partial charge in [0.15, 0.2) is 5.82 Å². The van der Waals surface area contributed by atoms with E-state index in [0.717, 1.165) is 24.3 Å². The van der Waals surface area contributed by atoms with Crippen molar-refractivity contribution < 1.29 is 22.4 Å². The Kier molecular flexibility index (Phi) is 3.60. The van der Waals surface area contributed by atoms with E-state index >= 15 is 0 Å². The molecule has 0 aromatic heterocycles. The topological polar surface area (TPSA) is 55.1 Å². The molecule has 0 atom stereocenters. The lowest BCUT2D eigenvalue weighted by molar-refractivity contribution is 0.101. The van der Waals surface area contributed by atoms with Gasteiger partial charge < -0.3 is 11.1 Å². The average molecular weight is 284 g/mol. The second-order valence-electron chi connectivity index (χ2n) is 3.90. The molecule has 3 nitrogen and oxygen atoms in total. The van der Waals surface area contributed by atoms with Gasteiger partial charge in [0.2, 0.25) is 0 Å². The van der Waals surface area contributed by atoms with E-state index in [4.69, 9.17) is 5.73 Å². The standard InChI is InChI=1S/C13H8F4N2O/c14-6-1-2-7(15)10(5-6)19-13(20)11-8(16)3-4-9(18)12(11)17/h1-5H,18H2,(H,19,20). The number of nitrogen functional groups attached to an aromatic ring is 1. The molecule has 1 amide bonds. The first-order valence-corrected chi connectivity index (χ1v) is 5.40. The highest BCUT2D eigenvalue weighted by atomic mass is 19.1. The molecule has 7 heteroatoms. The first-order chi connectivity index (χ1) is 9.40. The highest BCUT2D eigenvalue weighted by Gasteiger charge is 2.20. The number of carbonyl (C=O) groups excluding carboxylic acids is 1. The lowest BCUT2D eigenvalue weighted by Crippen LogP contribution is -2.17. The molecule has 0 unspecified atom stereocenters. The zero-order valence-electron chi connectivity index (χ0n) is 9.88. The van der Waals surface area contributed by atoms with Gasteiger partial charge in [0.1, 0.15) is 23.0 Å². The van der Waals surface area contributed by atoms with Gasteiger partial charge in [-0.1, -0.05) is 0 Å². The van der Waals surface area contributed by atoms with Crippen LogP contribution in [0, 0.1) is 23.3 Å². The van der Waals surface area contributed by atoms with Crippen molar-refractivity contribution in [1.29, 1.82) is 0 Å². The molecular formula is C13H8F4N2O. The third kappa shape index (κ3) is 2.56. The molecule has 0 fully saturated rings. The molecule has 0 aliphatic carbocycles. The summed E-state index contributed by atoms with van der Waals surface area (Å²) in [7, 11) is 0. The summed E-state index contributed by atoms with van der Waals surface area (Å²) in [6.07, 6.45) is 0. The monoisotopic (exact) mass is 284 g/mol. The van der Waals surface area contributed by atoms with Gasteiger partial charge in [-0.05, 0) is 24.3 Å². The molecule has 2 aromatic rings. The Morgan fingerprint density at radius 3 is 2.35 bits per heavy atom. The highest BCUT2D eigenvalue weighted by molar-refractivity contribution is 6.05. The number of anilines is 2. The number of carbonyl (C=O) groups is 1. The van der Waals surface area contributed by atoms with Gasteiger partial charge in [-0.2, -0.15) is 0 Å². The molecule has 0 bridgehead atoms. The van der Waals surface area contributed by atoms with Crippen LogP contribution in [-0.2, 0) is 0 Å². The fourth-order valence-electron chi connectivity index (χ4n) is 1.55. The van der Waals surface area contributed by atoms with E-state index in [0.29, 0.717) is 6.07 Å². The maximum absolute atomic E-state index is 13.6. The molecule has 0 heterocycles. The quantitative estimate of drug-likeness (QED) is 0.657. The van der Waals surface area contributed by atoms with Crippen molar-refractivity contribution in [3.8, 4) is 0 Å². The fraction of sp³-hybridized carbons (Fsp3) is 0. The number of hydrogen-bond acceptors (Lipinski definition) is 2. The van der Waals surface area contributed by atoms with Gasteiger partial charge in [-0.25, -0.2) is 17.6 Å². The van der Waals surface area contributed by atoms with Crippen LogP contribution in [0.2, 0.25) is 0 Å². The summed E-state index contributed by atoms with van der Waals surface area (Å²) in [5.74, 6) is -5.44. The molecule has 0 spiro atoms. The lowest BCUT2D eigenvalue weighted by atomic mass is 10.1. The van der Waals surface area contributed by atoms with Crippen LogP contribution < -0.4 is 11.1 Å². The van der Waals surface area contributed by atoms with E-state index < -0.39 is 46.1 Å². The summed E-state index contributed by atoms with van der Waals surface area (Å²) in [5, 5.41) is 1.89. The van der Waals surface area contributed by atoms with E-state index in [1.54, 1.807) is 0 Å². The van der Waals surface area contributed by atoms with Crippen LogP contribution in [0.4, 0.5) is 28.9 Å². The minimum Gasteiger partial charge on any atom is -0.396 e. The number of nitrogens with one attached hydrogen (secondary N) is 1. The molecule has 0 saturated heterocycles. The summed E-state index contributed by atoms with van der Waals surface area (Å²) >= 11 is 0. The van der Waals surface area contributed by atoms with Crippen molar-refractivity contribution in [1.82, 2.24) is 0 Å². The number of hydrogen-bond donors (Lipinski definition) is 2. The second kappa shape index (κ2) is 5.20. The second-order valence-corrected chi connectivity index (χ2v) is 3.90. The van der Waals surface area contributed by atoms with Crippen LogP contribution in [-0.4, -0.2) is 5.91 Å². The van der Waals surface area contributed by atoms with Crippen LogP contribution in [0.5, 0.6) is 0 Å². The minimum absolute atomic E-state index is 0.434. The van der Waals surface area contributed by atoms with Crippen LogP contribution in [0.25, 0.3) is 0 Å². The number of amides is 1. The summed E-state index contributed by atoms with van der Waals surface area (Å²) < 4.78 is 53.3. The first kappa shape index (κ1) is 13.9. The predicted octanol–water partition coefficient (Wildman–Crippen LogP) is 3.08. The molecule has 3 N–H and O–H groups in total. The van der Waals surface area contributed by atoms with Crippen LogP contribution in [0.1, 0.15) is 10.4 Å². The maximum atomic E-state index is 13.6. The number of halogens is 4. The largest absolute Gasteiger partial charge is 0.396 e. The van der Waals surface area contributed by atoms with E-state index in [1.165, 1.54) is 0 Å². The SMILES string of the molecule is Nc1ccc(F)c(C(=O)Nc2cc(F)ccc2F)c1F. The van der Waals surface area contributed by atoms with E-state index in [-0.39, 0.29) is 0 Å². The Morgan fingerprint density at radius 2 is 1.65 bits per heavy atom. The molecular weight excluding hydrogens is 276 g/mol. The summed E-state index contributed by atoms with van der Waals surface area (Å²) in [6, 6.07) is 4.05. The van der Waals surface area contributed by atoms with Gasteiger partial charge >= 0.3 is 0 Å². The fourth-order valence-corrected chi connectivity index (χ4v) is 1.55. The molecule has 2 aromatic carbocycles. The number of rotatable bonds is 2. The lowest BCUT2D eigenvalue weighted by Gasteiger charge is -2.09. The van der Waals surface area contributed by atoms with Gasteiger partial charge in [0.05, 0.1) is 11.4 Å². The van der Waals surface area contributed by atoms with Crippen LogP contribution in [0.15, 0.2) is 30.3 Å². The minimum atomic E-state index is -1.27. The Hall–Kier alpha value is -2.57. The van der Waals surface area contributed by atoms with Crippen molar-refractivity contribution in [2.75, 3.05) is 11.1 Å². The van der Waals surface area contributed by atoms with Gasteiger partial charge in [-0.3, -0.25) is 4.79 Å². The van der Waals surface area contributed by atoms with Crippen molar-refractivity contribution >= 4 is 17.3 Å². The first-order valence-electron chi connectivity index (χ1n) is 5.40. The molecule has 0 aliphatic rings. The zero-order valence-corrected chi connectivity index (χ0v) is 9.88. The van der Waals surface area contributed by atoms with E-state index in [1.807, 2.05) is 5.32 Å². The Bertz CT molecular complexity index is 688. The normalized spacial score (nSPS) is 10.4. The molecule has 0 radical (unpaired) electrons. The highest BCUT2D eigenvalue weighted by Crippen LogP contribution is 2.21. The summed E-state index contributed by atoms with van der Waals surface area (Å²) in [6.45, 7) is 0. The average Bonchev–Trinajstić information content (AvgIpc) is 2.39. The Labute approximate surface area is 111 Å². The van der Waals surface area contributed by atoms with Gasteiger partial charge in [-0.15, -0.1) is 0 Å². The molecule has 0 aliphatic heterocycles. The third-order valence-electron chi connectivity index (χ3n) is 2.52. The Balaban J connectivity index is 2.38. The zero-order chi connectivity index (χ0) is 14.9. The summed E-state index contributed by atoms with van der Waals surface area (Å²) in [5.41, 5.74) is 3.29. The van der Waals surface area contributed by atoms with Crippen molar-refractivity contribution in [3.63, 3.8) is 0 Å². The van der Waals surface area contributed by atoms with E-state index in [9.17, 15) is 22.4 Å². The molecule has 2 rings (SSSR count). The molecule has 20 heavy (non-hydrogen) atoms. The van der Waals surface area contributed by atoms with Crippen LogP contribution in [0.3, 0.4) is 0 Å². The van der Waals surface area contributed by atoms with Crippen molar-refractivity contribution in [3.05, 3.63) is 59.2 Å². The smallest absolute Gasteiger partial charge is 0.261 e. The van der Waals surface area contributed by atoms with Crippen LogP contribution >= 0.6 is 0 Å². The van der Waals surface area contributed by atoms with Gasteiger partial charge in [0, 0.05) is 6.07 Å². The van der Waals surface area contributed by atoms with Crippen molar-refractivity contribution in [2.24, 2.45) is 0 Å². The molecule has 104 valence electrons. The van der Waals surface area contributed by atoms with Crippen molar-refractivity contribution in [2.45, 2.75) is 0 Å². The molecule has 0 saturated carbocycles. The predicted molar refractivity (Wildman–Crippen MR) is 65.1 cm³/mol. The third-order valence-corrected chi connectivity index (χ3v) is 2.52. The summed E-state index contributed by atoms with van der Waals surface area (Å²) in [4.78, 5) is 11.7. The number of nitrogens with two attached hydrogens (primary N) is 1.